The van der Waals surface area contributed by atoms with E-state index in [-0.39, 0.29) is 6.04 Å². The van der Waals surface area contributed by atoms with E-state index in [0.717, 1.165) is 11.7 Å². The highest BCUT2D eigenvalue weighted by Gasteiger charge is 2.36. The van der Waals surface area contributed by atoms with Crippen LogP contribution in [-0.4, -0.2) is 15.6 Å². The average molecular weight is 292 g/mol. The first-order chi connectivity index (χ1) is 9.52. The molecule has 3 rings (SSSR count). The van der Waals surface area contributed by atoms with Crippen LogP contribution in [0.1, 0.15) is 69.8 Å². The molecule has 1 saturated carbocycles. The van der Waals surface area contributed by atoms with Crippen LogP contribution in [0, 0.1) is 5.41 Å². The first-order valence-electron chi connectivity index (χ1n) is 8.08. The summed E-state index contributed by atoms with van der Waals surface area (Å²) in [7, 11) is 0. The number of rotatable bonds is 3. The molecule has 2 aliphatic rings. The van der Waals surface area contributed by atoms with Gasteiger partial charge in [-0.2, -0.15) is 11.8 Å². The molecule has 0 aromatic carbocycles. The first kappa shape index (κ1) is 14.5. The van der Waals surface area contributed by atoms with E-state index < -0.39 is 0 Å². The summed E-state index contributed by atoms with van der Waals surface area (Å²) >= 11 is 2.14. The third-order valence-corrected chi connectivity index (χ3v) is 6.34. The molecule has 0 saturated heterocycles. The zero-order valence-electron chi connectivity index (χ0n) is 13.1. The lowest BCUT2D eigenvalue weighted by Crippen LogP contribution is -2.31. The van der Waals surface area contributed by atoms with Crippen molar-refractivity contribution in [3.05, 3.63) is 23.5 Å². The van der Waals surface area contributed by atoms with E-state index >= 15 is 0 Å². The van der Waals surface area contributed by atoms with Gasteiger partial charge in [0.1, 0.15) is 0 Å². The molecule has 0 amide bonds. The predicted molar refractivity (Wildman–Crippen MR) is 88.3 cm³/mol. The molecule has 0 radical (unpaired) electrons. The fourth-order valence-corrected chi connectivity index (χ4v) is 5.45. The summed E-state index contributed by atoms with van der Waals surface area (Å²) in [5, 5.41) is 0.803. The van der Waals surface area contributed by atoms with Gasteiger partial charge in [-0.3, -0.25) is 0 Å². The Kier molecular flexibility index (Phi) is 3.93. The molecule has 20 heavy (non-hydrogen) atoms. The van der Waals surface area contributed by atoms with Gasteiger partial charge >= 0.3 is 0 Å². The third kappa shape index (κ3) is 2.55. The van der Waals surface area contributed by atoms with E-state index in [1.54, 1.807) is 0 Å². The van der Waals surface area contributed by atoms with E-state index in [1.807, 2.05) is 0 Å². The van der Waals surface area contributed by atoms with Gasteiger partial charge in [0.25, 0.3) is 0 Å². The van der Waals surface area contributed by atoms with E-state index in [4.69, 9.17) is 5.73 Å². The summed E-state index contributed by atoms with van der Waals surface area (Å²) in [6, 6.07) is 3.22. The van der Waals surface area contributed by atoms with Crippen molar-refractivity contribution >= 4 is 11.8 Å². The highest BCUT2D eigenvalue weighted by atomic mass is 32.2. The van der Waals surface area contributed by atoms with Crippen LogP contribution in [-0.2, 0) is 6.42 Å². The molecule has 3 heteroatoms. The minimum atomic E-state index is 0.230. The maximum Gasteiger partial charge on any atom is 0.0452 e. The Balaban J connectivity index is 1.92. The molecule has 1 fully saturated rings. The number of aromatic nitrogens is 1. The number of fused-ring (bicyclic) bond motifs is 1. The van der Waals surface area contributed by atoms with Gasteiger partial charge in [0, 0.05) is 29.2 Å². The fourth-order valence-electron chi connectivity index (χ4n) is 4.20. The van der Waals surface area contributed by atoms with E-state index in [0.29, 0.717) is 11.5 Å². The topological polar surface area (TPSA) is 30.9 Å². The van der Waals surface area contributed by atoms with E-state index in [9.17, 15) is 0 Å². The Hall–Kier alpha value is -0.410. The standard InChI is InChI=1S/C17H28N2S/c1-4-20-16-7-5-6-14(16)19-9-8-12-13(18)10-17(2,3)11-15(12)19/h8-9,13-14,16H,4-7,10-11,18H2,1-3H3. The quantitative estimate of drug-likeness (QED) is 0.900. The van der Waals surface area contributed by atoms with Gasteiger partial charge in [-0.25, -0.2) is 0 Å². The van der Waals surface area contributed by atoms with Crippen LogP contribution in [0.4, 0.5) is 0 Å². The van der Waals surface area contributed by atoms with Gasteiger partial charge in [-0.15, -0.1) is 0 Å². The largest absolute Gasteiger partial charge is 0.347 e. The molecule has 1 aromatic rings. The van der Waals surface area contributed by atoms with Crippen LogP contribution in [0.15, 0.2) is 12.3 Å². The Bertz CT molecular complexity index is 477. The van der Waals surface area contributed by atoms with Crippen molar-refractivity contribution in [2.24, 2.45) is 11.1 Å². The summed E-state index contributed by atoms with van der Waals surface area (Å²) < 4.78 is 2.59. The highest BCUT2D eigenvalue weighted by molar-refractivity contribution is 7.99. The Morgan fingerprint density at radius 1 is 1.40 bits per heavy atom. The van der Waals surface area contributed by atoms with Crippen LogP contribution in [0.3, 0.4) is 0 Å². The Morgan fingerprint density at radius 2 is 2.20 bits per heavy atom. The van der Waals surface area contributed by atoms with Crippen LogP contribution in [0.5, 0.6) is 0 Å². The minimum Gasteiger partial charge on any atom is -0.347 e. The van der Waals surface area contributed by atoms with Crippen molar-refractivity contribution in [1.82, 2.24) is 4.57 Å². The molecule has 0 bridgehead atoms. The Morgan fingerprint density at radius 3 is 2.95 bits per heavy atom. The lowest BCUT2D eigenvalue weighted by Gasteiger charge is -2.36. The summed E-state index contributed by atoms with van der Waals surface area (Å²) in [4.78, 5) is 0. The van der Waals surface area contributed by atoms with Crippen molar-refractivity contribution in [2.75, 3.05) is 5.75 Å². The summed E-state index contributed by atoms with van der Waals surface area (Å²) in [6.07, 6.45) is 8.72. The minimum absolute atomic E-state index is 0.230. The van der Waals surface area contributed by atoms with Crippen LogP contribution < -0.4 is 5.73 Å². The number of nitrogens with zero attached hydrogens (tertiary/aromatic N) is 1. The normalized spacial score (nSPS) is 32.3. The maximum absolute atomic E-state index is 6.41. The number of hydrogen-bond acceptors (Lipinski definition) is 2. The summed E-state index contributed by atoms with van der Waals surface area (Å²) in [6.45, 7) is 7.00. The molecule has 0 spiro atoms. The Labute approximate surface area is 127 Å². The SMILES string of the molecule is CCSC1CCCC1n1ccc2c1CC(C)(C)CC2N. The predicted octanol–water partition coefficient (Wildman–Crippen LogP) is 4.31. The zero-order chi connectivity index (χ0) is 14.3. The van der Waals surface area contributed by atoms with Crippen LogP contribution >= 0.6 is 11.8 Å². The fraction of sp³-hybridized carbons (Fsp3) is 0.765. The number of hydrogen-bond donors (Lipinski definition) is 1. The second kappa shape index (κ2) is 5.42. The molecule has 0 aliphatic heterocycles. The lowest BCUT2D eigenvalue weighted by molar-refractivity contribution is 0.272. The molecule has 3 atom stereocenters. The highest BCUT2D eigenvalue weighted by Crippen LogP contribution is 2.44. The average Bonchev–Trinajstić information content (AvgIpc) is 2.94. The third-order valence-electron chi connectivity index (χ3n) is 5.03. The van der Waals surface area contributed by atoms with Crippen molar-refractivity contribution in [3.63, 3.8) is 0 Å². The van der Waals surface area contributed by atoms with Gasteiger partial charge in [-0.1, -0.05) is 27.2 Å². The molecule has 112 valence electrons. The number of nitrogens with two attached hydrogens (primary N) is 1. The van der Waals surface area contributed by atoms with Crippen molar-refractivity contribution in [3.8, 4) is 0 Å². The van der Waals surface area contributed by atoms with Gasteiger partial charge in [-0.05, 0) is 48.5 Å². The van der Waals surface area contributed by atoms with Crippen LogP contribution in [0.25, 0.3) is 0 Å². The van der Waals surface area contributed by atoms with Crippen molar-refractivity contribution in [1.29, 1.82) is 0 Å². The molecule has 2 aliphatic carbocycles. The monoisotopic (exact) mass is 292 g/mol. The molecule has 3 unspecified atom stereocenters. The smallest absolute Gasteiger partial charge is 0.0452 e. The van der Waals surface area contributed by atoms with E-state index in [2.05, 4.69) is 49.4 Å². The van der Waals surface area contributed by atoms with Crippen LogP contribution in [0.2, 0.25) is 0 Å². The van der Waals surface area contributed by atoms with E-state index in [1.165, 1.54) is 42.7 Å². The van der Waals surface area contributed by atoms with Gasteiger partial charge in [0.2, 0.25) is 0 Å². The second-order valence-corrected chi connectivity index (χ2v) is 8.78. The molecular weight excluding hydrogens is 264 g/mol. The zero-order valence-corrected chi connectivity index (χ0v) is 13.9. The molecule has 1 aromatic heterocycles. The van der Waals surface area contributed by atoms with Gasteiger partial charge in [0.15, 0.2) is 0 Å². The number of thioether (sulfide) groups is 1. The van der Waals surface area contributed by atoms with Crippen molar-refractivity contribution in [2.45, 2.75) is 70.2 Å². The second-order valence-electron chi connectivity index (χ2n) is 7.27. The molecule has 2 nitrogen and oxygen atoms in total. The summed E-state index contributed by atoms with van der Waals surface area (Å²) in [5.74, 6) is 1.23. The molecule has 2 N–H and O–H groups in total. The lowest BCUT2D eigenvalue weighted by atomic mass is 9.74. The van der Waals surface area contributed by atoms with Gasteiger partial charge in [0.05, 0.1) is 0 Å². The van der Waals surface area contributed by atoms with Crippen molar-refractivity contribution < 1.29 is 0 Å². The molecular formula is C17H28N2S. The summed E-state index contributed by atoms with van der Waals surface area (Å²) in [5.41, 5.74) is 9.69. The van der Waals surface area contributed by atoms with Gasteiger partial charge < -0.3 is 10.3 Å². The first-order valence-corrected chi connectivity index (χ1v) is 9.13. The molecule has 1 heterocycles. The maximum atomic E-state index is 6.41.